The van der Waals surface area contributed by atoms with Gasteiger partial charge in [0.25, 0.3) is 0 Å². The average Bonchev–Trinajstić information content (AvgIpc) is 2.70. The molecule has 6 heteroatoms. The third-order valence-corrected chi connectivity index (χ3v) is 4.58. The summed E-state index contributed by atoms with van der Waals surface area (Å²) in [6, 6.07) is 13.8. The molecule has 3 rings (SSSR count). The van der Waals surface area contributed by atoms with E-state index in [4.69, 9.17) is 15.2 Å². The average molecular weight is 378 g/mol. The van der Waals surface area contributed by atoms with Crippen LogP contribution in [0, 0.1) is 0 Å². The van der Waals surface area contributed by atoms with Crippen molar-refractivity contribution >= 4 is 17.5 Å². The molecular weight excluding hydrogens is 352 g/mol. The van der Waals surface area contributed by atoms with Crippen LogP contribution in [-0.4, -0.2) is 24.2 Å². The molecule has 2 aromatic carbocycles. The van der Waals surface area contributed by atoms with E-state index in [1.165, 1.54) is 5.56 Å². The lowest BCUT2D eigenvalue weighted by Gasteiger charge is -2.18. The summed E-state index contributed by atoms with van der Waals surface area (Å²) in [6.07, 6.45) is 2.39. The molecule has 0 radical (unpaired) electrons. The van der Waals surface area contributed by atoms with Gasteiger partial charge in [0.1, 0.15) is 5.82 Å². The zero-order valence-electron chi connectivity index (χ0n) is 16.7. The molecular formula is C22H26N4O2. The first kappa shape index (κ1) is 19.5. The molecule has 6 nitrogen and oxygen atoms in total. The monoisotopic (exact) mass is 378 g/mol. The predicted molar refractivity (Wildman–Crippen MR) is 113 cm³/mol. The second-order valence-corrected chi connectivity index (χ2v) is 6.83. The highest BCUT2D eigenvalue weighted by atomic mass is 16.5. The fourth-order valence-corrected chi connectivity index (χ4v) is 3.10. The highest BCUT2D eigenvalue weighted by molar-refractivity contribution is 5.56. The number of methoxy groups -OCH3 is 2. The van der Waals surface area contributed by atoms with Crippen LogP contribution < -0.4 is 20.5 Å². The maximum Gasteiger partial charge on any atom is 0.229 e. The number of para-hydroxylation sites is 1. The summed E-state index contributed by atoms with van der Waals surface area (Å²) in [7, 11) is 3.28. The number of aromatic nitrogens is 2. The Kier molecular flexibility index (Phi) is 5.99. The van der Waals surface area contributed by atoms with Crippen LogP contribution in [0.5, 0.6) is 11.5 Å². The van der Waals surface area contributed by atoms with Gasteiger partial charge in [-0.2, -0.15) is 4.98 Å². The van der Waals surface area contributed by atoms with E-state index >= 15 is 0 Å². The van der Waals surface area contributed by atoms with Gasteiger partial charge in [-0.1, -0.05) is 32.0 Å². The number of benzene rings is 2. The Bertz CT molecular complexity index is 943. The summed E-state index contributed by atoms with van der Waals surface area (Å²) < 4.78 is 10.9. The van der Waals surface area contributed by atoms with Gasteiger partial charge in [0, 0.05) is 23.9 Å². The molecule has 1 heterocycles. The van der Waals surface area contributed by atoms with Crippen LogP contribution in [0.15, 0.2) is 48.7 Å². The number of nitrogens with zero attached hydrogens (tertiary/aromatic N) is 2. The minimum Gasteiger partial charge on any atom is -0.493 e. The molecule has 3 aromatic rings. The van der Waals surface area contributed by atoms with Gasteiger partial charge in [0.05, 0.1) is 14.2 Å². The molecule has 0 aliphatic rings. The van der Waals surface area contributed by atoms with Gasteiger partial charge in [-0.25, -0.2) is 4.98 Å². The summed E-state index contributed by atoms with van der Waals surface area (Å²) in [5.41, 5.74) is 10.3. The highest BCUT2D eigenvalue weighted by Gasteiger charge is 2.16. The van der Waals surface area contributed by atoms with Crippen molar-refractivity contribution in [1.82, 2.24) is 9.97 Å². The number of nitrogen functional groups attached to an aromatic ring is 1. The first-order valence-electron chi connectivity index (χ1n) is 9.20. The SMILES string of the molecule is COc1cc(Cc2cnc(Nc3ccccc3)nc2N)c(C(C)C)cc1OC. The maximum atomic E-state index is 6.23. The molecule has 0 amide bonds. The van der Waals surface area contributed by atoms with E-state index in [0.717, 1.165) is 22.6 Å². The number of ether oxygens (including phenoxy) is 2. The van der Waals surface area contributed by atoms with Gasteiger partial charge in [-0.3, -0.25) is 0 Å². The van der Waals surface area contributed by atoms with E-state index < -0.39 is 0 Å². The van der Waals surface area contributed by atoms with Crippen molar-refractivity contribution in [3.63, 3.8) is 0 Å². The van der Waals surface area contributed by atoms with Crippen molar-refractivity contribution in [2.24, 2.45) is 0 Å². The summed E-state index contributed by atoms with van der Waals surface area (Å²) in [4.78, 5) is 8.84. The zero-order valence-corrected chi connectivity index (χ0v) is 16.7. The first-order valence-corrected chi connectivity index (χ1v) is 9.20. The van der Waals surface area contributed by atoms with Gasteiger partial charge >= 0.3 is 0 Å². The lowest BCUT2D eigenvalue weighted by molar-refractivity contribution is 0.354. The van der Waals surface area contributed by atoms with E-state index in [-0.39, 0.29) is 0 Å². The quantitative estimate of drug-likeness (QED) is 0.628. The fourth-order valence-electron chi connectivity index (χ4n) is 3.10. The van der Waals surface area contributed by atoms with E-state index in [9.17, 15) is 0 Å². The molecule has 0 saturated carbocycles. The zero-order chi connectivity index (χ0) is 20.1. The first-order chi connectivity index (χ1) is 13.5. The van der Waals surface area contributed by atoms with Crippen molar-refractivity contribution in [2.45, 2.75) is 26.2 Å². The van der Waals surface area contributed by atoms with Crippen LogP contribution in [-0.2, 0) is 6.42 Å². The fraction of sp³-hybridized carbons (Fsp3) is 0.273. The number of hydrogen-bond acceptors (Lipinski definition) is 6. The second-order valence-electron chi connectivity index (χ2n) is 6.83. The lowest BCUT2D eigenvalue weighted by Crippen LogP contribution is -2.06. The van der Waals surface area contributed by atoms with E-state index in [1.54, 1.807) is 20.4 Å². The van der Waals surface area contributed by atoms with E-state index in [1.807, 2.05) is 42.5 Å². The lowest BCUT2D eigenvalue weighted by atomic mass is 9.92. The summed E-state index contributed by atoms with van der Waals surface area (Å²) in [6.45, 7) is 4.30. The molecule has 146 valence electrons. The molecule has 0 aliphatic carbocycles. The topological polar surface area (TPSA) is 82.3 Å². The van der Waals surface area contributed by atoms with Crippen LogP contribution in [0.1, 0.15) is 36.5 Å². The number of rotatable bonds is 7. The van der Waals surface area contributed by atoms with Crippen molar-refractivity contribution in [1.29, 1.82) is 0 Å². The van der Waals surface area contributed by atoms with Crippen LogP contribution >= 0.6 is 0 Å². The Labute approximate surface area is 165 Å². The van der Waals surface area contributed by atoms with Crippen LogP contribution in [0.4, 0.5) is 17.5 Å². The van der Waals surface area contributed by atoms with Crippen molar-refractivity contribution in [2.75, 3.05) is 25.3 Å². The molecule has 1 aromatic heterocycles. The number of nitrogens with two attached hydrogens (primary N) is 1. The molecule has 0 spiro atoms. The number of nitrogens with one attached hydrogen (secondary N) is 1. The van der Waals surface area contributed by atoms with Gasteiger partial charge in [0.2, 0.25) is 5.95 Å². The minimum absolute atomic E-state index is 0.330. The van der Waals surface area contributed by atoms with Gasteiger partial charge in [-0.15, -0.1) is 0 Å². The Hall–Kier alpha value is -3.28. The van der Waals surface area contributed by atoms with Crippen molar-refractivity contribution in [3.05, 3.63) is 65.4 Å². The summed E-state index contributed by atoms with van der Waals surface area (Å²) >= 11 is 0. The molecule has 3 N–H and O–H groups in total. The molecule has 0 aliphatic heterocycles. The molecule has 0 unspecified atom stereocenters. The Morgan fingerprint density at radius 1 is 1.00 bits per heavy atom. The minimum atomic E-state index is 0.330. The smallest absolute Gasteiger partial charge is 0.229 e. The molecule has 0 saturated heterocycles. The highest BCUT2D eigenvalue weighted by Crippen LogP contribution is 2.35. The second kappa shape index (κ2) is 8.61. The maximum absolute atomic E-state index is 6.23. The normalized spacial score (nSPS) is 10.8. The van der Waals surface area contributed by atoms with E-state index in [0.29, 0.717) is 29.9 Å². The number of anilines is 3. The van der Waals surface area contributed by atoms with Crippen LogP contribution in [0.2, 0.25) is 0 Å². The third kappa shape index (κ3) is 4.34. The van der Waals surface area contributed by atoms with Crippen LogP contribution in [0.25, 0.3) is 0 Å². The van der Waals surface area contributed by atoms with Crippen LogP contribution in [0.3, 0.4) is 0 Å². The molecule has 0 atom stereocenters. The molecule has 28 heavy (non-hydrogen) atoms. The Balaban J connectivity index is 1.89. The van der Waals surface area contributed by atoms with Gasteiger partial charge < -0.3 is 20.5 Å². The molecule has 0 bridgehead atoms. The van der Waals surface area contributed by atoms with Crippen molar-refractivity contribution in [3.8, 4) is 11.5 Å². The van der Waals surface area contributed by atoms with Gasteiger partial charge in [-0.05, 0) is 41.3 Å². The Morgan fingerprint density at radius 2 is 1.68 bits per heavy atom. The summed E-state index contributed by atoms with van der Waals surface area (Å²) in [5.74, 6) is 2.68. The van der Waals surface area contributed by atoms with E-state index in [2.05, 4.69) is 29.1 Å². The molecule has 0 fully saturated rings. The predicted octanol–water partition coefficient (Wildman–Crippen LogP) is 4.53. The van der Waals surface area contributed by atoms with Gasteiger partial charge in [0.15, 0.2) is 11.5 Å². The third-order valence-electron chi connectivity index (χ3n) is 4.58. The summed E-state index contributed by atoms with van der Waals surface area (Å²) in [5, 5.41) is 3.16. The number of hydrogen-bond donors (Lipinski definition) is 2. The standard InChI is InChI=1S/C22H26N4O2/c1-14(2)18-12-20(28-4)19(27-3)11-15(18)10-16-13-24-22(26-21(16)23)25-17-8-6-5-7-9-17/h5-9,11-14H,10H2,1-4H3,(H3,23,24,25,26). The van der Waals surface area contributed by atoms with Crippen molar-refractivity contribution < 1.29 is 9.47 Å². The largest absolute Gasteiger partial charge is 0.493 e. The Morgan fingerprint density at radius 3 is 2.29 bits per heavy atom.